The highest BCUT2D eigenvalue weighted by Gasteiger charge is 2.18. The molecule has 1 heterocycles. The summed E-state index contributed by atoms with van der Waals surface area (Å²) in [5.41, 5.74) is 4.53. The first-order valence-electron chi connectivity index (χ1n) is 7.50. The second kappa shape index (κ2) is 6.87. The van der Waals surface area contributed by atoms with E-state index in [2.05, 4.69) is 43.3 Å². The largest absolute Gasteiger partial charge is 0.396 e. The number of para-hydroxylation sites is 1. The van der Waals surface area contributed by atoms with E-state index in [1.165, 1.54) is 5.56 Å². The van der Waals surface area contributed by atoms with Crippen molar-refractivity contribution in [3.63, 3.8) is 0 Å². The standard InChI is InChI=1S/C17H25N3O/c1-12(11-21)10-18-13(2)17-14(3)19-20(15(17)4)16-8-6-5-7-9-16/h5-9,12-13,18,21H,10-11H2,1-4H3. The molecule has 0 aliphatic heterocycles. The van der Waals surface area contributed by atoms with Gasteiger partial charge in [0, 0.05) is 30.5 Å². The predicted molar refractivity (Wildman–Crippen MR) is 85.7 cm³/mol. The average molecular weight is 287 g/mol. The molecule has 0 bridgehead atoms. The van der Waals surface area contributed by atoms with Crippen LogP contribution in [-0.4, -0.2) is 28.0 Å². The fourth-order valence-corrected chi connectivity index (χ4v) is 2.65. The average Bonchev–Trinajstić information content (AvgIpc) is 2.80. The first-order valence-corrected chi connectivity index (χ1v) is 7.50. The van der Waals surface area contributed by atoms with Gasteiger partial charge in [0.15, 0.2) is 0 Å². The van der Waals surface area contributed by atoms with Crippen LogP contribution in [0.15, 0.2) is 30.3 Å². The van der Waals surface area contributed by atoms with Crippen molar-refractivity contribution >= 4 is 0 Å². The molecule has 0 amide bonds. The Kier molecular flexibility index (Phi) is 5.15. The van der Waals surface area contributed by atoms with Gasteiger partial charge in [-0.05, 0) is 38.8 Å². The Labute approximate surface area is 126 Å². The predicted octanol–water partition coefficient (Wildman–Crippen LogP) is 2.77. The number of aliphatic hydroxyl groups excluding tert-OH is 1. The molecule has 2 aromatic rings. The van der Waals surface area contributed by atoms with Gasteiger partial charge in [-0.2, -0.15) is 5.10 Å². The highest BCUT2D eigenvalue weighted by Crippen LogP contribution is 2.23. The molecule has 2 rings (SSSR count). The molecular weight excluding hydrogens is 262 g/mol. The molecule has 0 aliphatic rings. The van der Waals surface area contributed by atoms with Crippen molar-refractivity contribution in [3.8, 4) is 5.69 Å². The molecule has 2 atom stereocenters. The second-order valence-electron chi connectivity index (χ2n) is 5.75. The molecule has 0 fully saturated rings. The fraction of sp³-hybridized carbons (Fsp3) is 0.471. The van der Waals surface area contributed by atoms with Gasteiger partial charge >= 0.3 is 0 Å². The molecule has 1 aromatic carbocycles. The molecule has 0 spiro atoms. The zero-order valence-corrected chi connectivity index (χ0v) is 13.3. The lowest BCUT2D eigenvalue weighted by Crippen LogP contribution is -2.26. The van der Waals surface area contributed by atoms with Gasteiger partial charge in [0.05, 0.1) is 11.4 Å². The van der Waals surface area contributed by atoms with Crippen LogP contribution in [-0.2, 0) is 0 Å². The summed E-state index contributed by atoms with van der Waals surface area (Å²) in [6.45, 7) is 9.35. The van der Waals surface area contributed by atoms with Crippen molar-refractivity contribution < 1.29 is 5.11 Å². The van der Waals surface area contributed by atoms with Gasteiger partial charge in [0.1, 0.15) is 0 Å². The topological polar surface area (TPSA) is 50.1 Å². The van der Waals surface area contributed by atoms with Crippen molar-refractivity contribution in [1.82, 2.24) is 15.1 Å². The summed E-state index contributed by atoms with van der Waals surface area (Å²) in [5.74, 6) is 0.261. The van der Waals surface area contributed by atoms with Crippen molar-refractivity contribution in [1.29, 1.82) is 0 Å². The minimum absolute atomic E-state index is 0.209. The van der Waals surface area contributed by atoms with Gasteiger partial charge in [-0.15, -0.1) is 0 Å². The highest BCUT2D eigenvalue weighted by atomic mass is 16.3. The Morgan fingerprint density at radius 3 is 2.48 bits per heavy atom. The molecule has 4 heteroatoms. The normalized spacial score (nSPS) is 14.1. The van der Waals surface area contributed by atoms with E-state index in [9.17, 15) is 0 Å². The number of nitrogens with zero attached hydrogens (tertiary/aromatic N) is 2. The SMILES string of the molecule is Cc1nn(-c2ccccc2)c(C)c1C(C)NCC(C)CO. The van der Waals surface area contributed by atoms with Crippen LogP contribution in [0, 0.1) is 19.8 Å². The van der Waals surface area contributed by atoms with Crippen molar-refractivity contribution in [2.45, 2.75) is 33.7 Å². The molecule has 21 heavy (non-hydrogen) atoms. The van der Waals surface area contributed by atoms with E-state index in [4.69, 9.17) is 5.11 Å². The van der Waals surface area contributed by atoms with Gasteiger partial charge in [0.25, 0.3) is 0 Å². The minimum Gasteiger partial charge on any atom is -0.396 e. The molecule has 4 nitrogen and oxygen atoms in total. The van der Waals surface area contributed by atoms with Gasteiger partial charge in [-0.3, -0.25) is 0 Å². The molecule has 2 unspecified atom stereocenters. The Morgan fingerprint density at radius 2 is 1.86 bits per heavy atom. The molecule has 0 saturated carbocycles. The third-order valence-electron chi connectivity index (χ3n) is 3.87. The van der Waals surface area contributed by atoms with Crippen molar-refractivity contribution in [3.05, 3.63) is 47.3 Å². The number of rotatable bonds is 6. The van der Waals surface area contributed by atoms with Crippen molar-refractivity contribution in [2.24, 2.45) is 5.92 Å². The summed E-state index contributed by atoms with van der Waals surface area (Å²) in [6, 6.07) is 10.4. The van der Waals surface area contributed by atoms with E-state index in [1.54, 1.807) is 0 Å². The summed E-state index contributed by atoms with van der Waals surface area (Å²) in [6.07, 6.45) is 0. The summed E-state index contributed by atoms with van der Waals surface area (Å²) in [4.78, 5) is 0. The third-order valence-corrected chi connectivity index (χ3v) is 3.87. The zero-order chi connectivity index (χ0) is 15.4. The highest BCUT2D eigenvalue weighted by molar-refractivity contribution is 5.38. The number of hydrogen-bond acceptors (Lipinski definition) is 3. The van der Waals surface area contributed by atoms with Gasteiger partial charge in [0.2, 0.25) is 0 Å². The van der Waals surface area contributed by atoms with Crippen molar-refractivity contribution in [2.75, 3.05) is 13.2 Å². The molecular formula is C17H25N3O. The minimum atomic E-state index is 0.209. The molecule has 2 N–H and O–H groups in total. The number of hydrogen-bond donors (Lipinski definition) is 2. The first kappa shape index (κ1) is 15.7. The maximum Gasteiger partial charge on any atom is 0.0648 e. The number of aliphatic hydroxyl groups is 1. The second-order valence-corrected chi connectivity index (χ2v) is 5.75. The molecule has 0 aliphatic carbocycles. The fourth-order valence-electron chi connectivity index (χ4n) is 2.65. The zero-order valence-electron chi connectivity index (χ0n) is 13.3. The summed E-state index contributed by atoms with van der Waals surface area (Å²) in [7, 11) is 0. The van der Waals surface area contributed by atoms with Crippen LogP contribution >= 0.6 is 0 Å². The van der Waals surface area contributed by atoms with E-state index in [-0.39, 0.29) is 18.6 Å². The summed E-state index contributed by atoms with van der Waals surface area (Å²) in [5, 5.41) is 17.3. The summed E-state index contributed by atoms with van der Waals surface area (Å²) < 4.78 is 2.00. The van der Waals surface area contributed by atoms with Crippen LogP contribution in [0.3, 0.4) is 0 Å². The number of aryl methyl sites for hydroxylation is 1. The van der Waals surface area contributed by atoms with Gasteiger partial charge in [-0.1, -0.05) is 25.1 Å². The van der Waals surface area contributed by atoms with E-state index < -0.39 is 0 Å². The van der Waals surface area contributed by atoms with E-state index in [1.807, 2.05) is 29.8 Å². The molecule has 0 saturated heterocycles. The Hall–Kier alpha value is -1.65. The Bertz CT molecular complexity index is 577. The monoisotopic (exact) mass is 287 g/mol. The summed E-state index contributed by atoms with van der Waals surface area (Å²) >= 11 is 0. The van der Waals surface area contributed by atoms with Crippen LogP contribution in [0.5, 0.6) is 0 Å². The number of benzene rings is 1. The van der Waals surface area contributed by atoms with E-state index >= 15 is 0 Å². The lowest BCUT2D eigenvalue weighted by Gasteiger charge is -2.17. The van der Waals surface area contributed by atoms with Crippen LogP contribution in [0.25, 0.3) is 5.69 Å². The third kappa shape index (κ3) is 3.52. The molecule has 1 aromatic heterocycles. The van der Waals surface area contributed by atoms with Crippen LogP contribution in [0.2, 0.25) is 0 Å². The maximum absolute atomic E-state index is 9.12. The Morgan fingerprint density at radius 1 is 1.19 bits per heavy atom. The van der Waals surface area contributed by atoms with Crippen LogP contribution in [0.1, 0.15) is 36.8 Å². The van der Waals surface area contributed by atoms with Crippen LogP contribution in [0.4, 0.5) is 0 Å². The smallest absolute Gasteiger partial charge is 0.0648 e. The number of aromatic nitrogens is 2. The van der Waals surface area contributed by atoms with Gasteiger partial charge in [-0.25, -0.2) is 4.68 Å². The van der Waals surface area contributed by atoms with E-state index in [0.29, 0.717) is 0 Å². The maximum atomic E-state index is 9.12. The lowest BCUT2D eigenvalue weighted by atomic mass is 10.1. The van der Waals surface area contributed by atoms with Gasteiger partial charge < -0.3 is 10.4 Å². The quantitative estimate of drug-likeness (QED) is 0.859. The van der Waals surface area contributed by atoms with Crippen LogP contribution < -0.4 is 5.32 Å². The number of nitrogens with one attached hydrogen (secondary N) is 1. The first-order chi connectivity index (χ1) is 10.0. The Balaban J connectivity index is 2.23. The lowest BCUT2D eigenvalue weighted by molar-refractivity contribution is 0.231. The van der Waals surface area contributed by atoms with E-state index in [0.717, 1.165) is 23.6 Å². The molecule has 0 radical (unpaired) electrons. The molecule has 114 valence electrons.